The maximum atomic E-state index is 5.41. The number of hydrogen-bond acceptors (Lipinski definition) is 7. The van der Waals surface area contributed by atoms with Crippen LogP contribution in [0.5, 0.6) is 0 Å². The number of fused-ring (bicyclic) bond motifs is 2. The Kier molecular flexibility index (Phi) is 4.71. The summed E-state index contributed by atoms with van der Waals surface area (Å²) in [6, 6.07) is 13.9. The van der Waals surface area contributed by atoms with E-state index < -0.39 is 0 Å². The molecule has 0 spiro atoms. The van der Waals surface area contributed by atoms with E-state index in [2.05, 4.69) is 31.5 Å². The summed E-state index contributed by atoms with van der Waals surface area (Å²) in [5.41, 5.74) is 10.3. The number of nitrogens with two attached hydrogens (primary N) is 1. The summed E-state index contributed by atoms with van der Waals surface area (Å²) in [5, 5.41) is 13.6. The molecule has 8 nitrogen and oxygen atoms in total. The summed E-state index contributed by atoms with van der Waals surface area (Å²) in [4.78, 5) is 14.1. The van der Waals surface area contributed by atoms with Gasteiger partial charge in [0.2, 0.25) is 0 Å². The molecule has 0 unspecified atom stereocenters. The van der Waals surface area contributed by atoms with Gasteiger partial charge in [-0.2, -0.15) is 0 Å². The highest BCUT2D eigenvalue weighted by Gasteiger charge is 2.10. The van der Waals surface area contributed by atoms with Crippen LogP contribution < -0.4 is 5.73 Å². The number of aromatic nitrogens is 5. The number of hydrogen-bond donors (Lipinski definition) is 1. The van der Waals surface area contributed by atoms with Gasteiger partial charge in [0, 0.05) is 18.1 Å². The van der Waals surface area contributed by atoms with Gasteiger partial charge in [-0.05, 0) is 42.8 Å². The Morgan fingerprint density at radius 2 is 2.07 bits per heavy atom. The monoisotopic (exact) mass is 361 g/mol. The van der Waals surface area contributed by atoms with Crippen LogP contribution in [0.1, 0.15) is 18.2 Å². The zero-order valence-corrected chi connectivity index (χ0v) is 14.9. The minimum Gasteiger partial charge on any atom is -0.394 e. The Bertz CT molecular complexity index is 1120. The van der Waals surface area contributed by atoms with Crippen LogP contribution in [0.2, 0.25) is 0 Å². The first-order chi connectivity index (χ1) is 13.2. The fraction of sp³-hybridized carbons (Fsp3) is 0.211. The zero-order valence-electron chi connectivity index (χ0n) is 14.9. The van der Waals surface area contributed by atoms with Gasteiger partial charge in [0.15, 0.2) is 5.65 Å². The van der Waals surface area contributed by atoms with Crippen molar-refractivity contribution in [1.82, 2.24) is 25.0 Å². The molecule has 0 fully saturated rings. The Labute approximate surface area is 155 Å². The Balaban J connectivity index is 1.65. The fourth-order valence-corrected chi connectivity index (χ4v) is 2.80. The summed E-state index contributed by atoms with van der Waals surface area (Å²) in [5.74, 6) is 0. The lowest BCUT2D eigenvalue weighted by atomic mass is 10.1. The molecule has 8 heteroatoms. The highest BCUT2D eigenvalue weighted by molar-refractivity contribution is 5.97. The summed E-state index contributed by atoms with van der Waals surface area (Å²) in [7, 11) is 0. The van der Waals surface area contributed by atoms with Gasteiger partial charge in [-0.25, -0.2) is 9.67 Å². The number of nitrogens with zero attached hydrogens (tertiary/aromatic N) is 6. The molecule has 0 amide bonds. The summed E-state index contributed by atoms with van der Waals surface area (Å²) >= 11 is 0. The van der Waals surface area contributed by atoms with Crippen molar-refractivity contribution >= 4 is 27.8 Å². The van der Waals surface area contributed by atoms with E-state index >= 15 is 0 Å². The van der Waals surface area contributed by atoms with Gasteiger partial charge in [-0.1, -0.05) is 22.5 Å². The Morgan fingerprint density at radius 3 is 2.96 bits per heavy atom. The second kappa shape index (κ2) is 7.46. The fourth-order valence-electron chi connectivity index (χ4n) is 2.80. The van der Waals surface area contributed by atoms with Crippen LogP contribution in [0.3, 0.4) is 0 Å². The lowest BCUT2D eigenvalue weighted by molar-refractivity contribution is 0.152. The smallest absolute Gasteiger partial charge is 0.179 e. The lowest BCUT2D eigenvalue weighted by Crippen LogP contribution is -2.08. The quantitative estimate of drug-likeness (QED) is 0.320. The van der Waals surface area contributed by atoms with E-state index in [-0.39, 0.29) is 0 Å². The predicted octanol–water partition coefficient (Wildman–Crippen LogP) is 2.12. The molecule has 0 saturated heterocycles. The molecule has 3 aromatic heterocycles. The van der Waals surface area contributed by atoms with E-state index in [1.807, 2.05) is 43.3 Å². The van der Waals surface area contributed by atoms with Gasteiger partial charge in [0.1, 0.15) is 17.8 Å². The minimum absolute atomic E-state index is 0.371. The third kappa shape index (κ3) is 3.61. The van der Waals surface area contributed by atoms with Crippen LogP contribution in [0, 0.1) is 0 Å². The van der Waals surface area contributed by atoms with Crippen molar-refractivity contribution < 1.29 is 4.84 Å². The van der Waals surface area contributed by atoms with E-state index in [1.165, 1.54) is 0 Å². The number of benzene rings is 1. The zero-order chi connectivity index (χ0) is 18.6. The molecule has 136 valence electrons. The third-order valence-corrected chi connectivity index (χ3v) is 4.14. The lowest BCUT2D eigenvalue weighted by Gasteiger charge is -2.05. The van der Waals surface area contributed by atoms with Crippen LogP contribution in [0.15, 0.2) is 53.8 Å². The Hall–Kier alpha value is -3.39. The van der Waals surface area contributed by atoms with E-state index in [1.54, 1.807) is 10.9 Å². The molecule has 4 aromatic rings. The van der Waals surface area contributed by atoms with Crippen LogP contribution in [0.25, 0.3) is 22.1 Å². The van der Waals surface area contributed by atoms with Crippen molar-refractivity contribution in [3.8, 4) is 0 Å². The van der Waals surface area contributed by atoms with Gasteiger partial charge >= 0.3 is 0 Å². The number of oxime groups is 1. The first kappa shape index (κ1) is 17.0. The minimum atomic E-state index is 0.371. The predicted molar refractivity (Wildman–Crippen MR) is 103 cm³/mol. The number of rotatable bonds is 6. The molecule has 0 aliphatic carbocycles. The average molecular weight is 361 g/mol. The largest absolute Gasteiger partial charge is 0.394 e. The van der Waals surface area contributed by atoms with E-state index in [9.17, 15) is 0 Å². The van der Waals surface area contributed by atoms with E-state index in [4.69, 9.17) is 10.6 Å². The second-order valence-corrected chi connectivity index (χ2v) is 6.12. The molecular weight excluding hydrogens is 342 g/mol. The van der Waals surface area contributed by atoms with Gasteiger partial charge < -0.3 is 10.6 Å². The van der Waals surface area contributed by atoms with Gasteiger partial charge in [0.25, 0.3) is 0 Å². The third-order valence-electron chi connectivity index (χ3n) is 4.14. The van der Waals surface area contributed by atoms with Gasteiger partial charge in [-0.15, -0.1) is 5.10 Å². The highest BCUT2D eigenvalue weighted by atomic mass is 16.6. The van der Waals surface area contributed by atoms with Crippen molar-refractivity contribution in [2.45, 2.75) is 13.5 Å². The average Bonchev–Trinajstić information content (AvgIpc) is 3.10. The molecule has 0 aliphatic rings. The topological polar surface area (TPSA) is 104 Å². The molecule has 2 N–H and O–H groups in total. The van der Waals surface area contributed by atoms with Crippen LogP contribution in [-0.2, 0) is 11.4 Å². The molecule has 1 aromatic carbocycles. The SMILES string of the molecule is CC(=NOCCN)c1ccc2nnn(Cc3ccc4ncccc4c3)c2n1. The first-order valence-corrected chi connectivity index (χ1v) is 8.65. The summed E-state index contributed by atoms with van der Waals surface area (Å²) in [6.07, 6.45) is 1.79. The molecule has 4 rings (SSSR count). The van der Waals surface area contributed by atoms with Crippen LogP contribution in [-0.4, -0.2) is 43.8 Å². The molecular formula is C19H19N7O. The van der Waals surface area contributed by atoms with Crippen molar-refractivity contribution in [2.24, 2.45) is 10.9 Å². The van der Waals surface area contributed by atoms with E-state index in [0.717, 1.165) is 22.0 Å². The van der Waals surface area contributed by atoms with Crippen molar-refractivity contribution in [1.29, 1.82) is 0 Å². The molecule has 3 heterocycles. The maximum Gasteiger partial charge on any atom is 0.179 e. The molecule has 0 bridgehead atoms. The summed E-state index contributed by atoms with van der Waals surface area (Å²) in [6.45, 7) is 3.20. The molecule has 0 atom stereocenters. The molecule has 0 radical (unpaired) electrons. The summed E-state index contributed by atoms with van der Waals surface area (Å²) < 4.78 is 1.78. The normalized spacial score (nSPS) is 12.0. The molecule has 27 heavy (non-hydrogen) atoms. The van der Waals surface area contributed by atoms with Crippen molar-refractivity contribution in [3.05, 3.63) is 59.9 Å². The highest BCUT2D eigenvalue weighted by Crippen LogP contribution is 2.16. The molecule has 0 saturated carbocycles. The number of pyridine rings is 2. The van der Waals surface area contributed by atoms with Crippen LogP contribution >= 0.6 is 0 Å². The van der Waals surface area contributed by atoms with E-state index in [0.29, 0.717) is 36.7 Å². The standard InChI is InChI=1S/C19H19N7O/c1-13(24-27-10-8-20)16-6-7-18-19(22-16)26(25-23-18)12-14-4-5-17-15(11-14)3-2-9-21-17/h2-7,9,11H,8,10,12,20H2,1H3. The van der Waals surface area contributed by atoms with Crippen LogP contribution in [0.4, 0.5) is 0 Å². The Morgan fingerprint density at radius 1 is 1.19 bits per heavy atom. The van der Waals surface area contributed by atoms with Crippen molar-refractivity contribution in [2.75, 3.05) is 13.2 Å². The van der Waals surface area contributed by atoms with Gasteiger partial charge in [-0.3, -0.25) is 4.98 Å². The maximum absolute atomic E-state index is 5.41. The second-order valence-electron chi connectivity index (χ2n) is 6.12. The van der Waals surface area contributed by atoms with Gasteiger partial charge in [0.05, 0.1) is 17.8 Å². The molecule has 0 aliphatic heterocycles. The first-order valence-electron chi connectivity index (χ1n) is 8.65. The van der Waals surface area contributed by atoms with Crippen molar-refractivity contribution in [3.63, 3.8) is 0 Å².